The van der Waals surface area contributed by atoms with Gasteiger partial charge in [0, 0.05) is 19.6 Å². The fraction of sp³-hybridized carbons (Fsp3) is 0.409. The van der Waals surface area contributed by atoms with E-state index in [1.807, 2.05) is 30.3 Å². The molecule has 1 fully saturated rings. The maximum absolute atomic E-state index is 12.2. The van der Waals surface area contributed by atoms with Gasteiger partial charge >= 0.3 is 0 Å². The number of benzene rings is 2. The first-order valence-corrected chi connectivity index (χ1v) is 9.54. The molecular weight excluding hydrogens is 393 g/mol. The lowest BCUT2D eigenvalue weighted by atomic mass is 10.1. The lowest BCUT2D eigenvalue weighted by Crippen LogP contribution is -2.44. The summed E-state index contributed by atoms with van der Waals surface area (Å²) in [6, 6.07) is 20.1. The molecule has 0 radical (unpaired) electrons. The average molecular weight is 424 g/mol. The van der Waals surface area contributed by atoms with Gasteiger partial charge in [-0.1, -0.05) is 60.7 Å². The van der Waals surface area contributed by atoms with Gasteiger partial charge in [0.1, 0.15) is 0 Å². The Hall–Kier alpha value is -1.59. The third-order valence-corrected chi connectivity index (χ3v) is 5.13. The largest absolute Gasteiger partial charge is 0.354 e. The number of likely N-dealkylation sites (tertiary alicyclic amines) is 1. The van der Waals surface area contributed by atoms with Crippen LogP contribution in [0.1, 0.15) is 17.5 Å². The van der Waals surface area contributed by atoms with E-state index in [-0.39, 0.29) is 30.7 Å². The van der Waals surface area contributed by atoms with Gasteiger partial charge in [-0.25, -0.2) is 0 Å². The van der Waals surface area contributed by atoms with Crippen molar-refractivity contribution in [1.29, 1.82) is 0 Å². The van der Waals surface area contributed by atoms with Crippen LogP contribution in [0.5, 0.6) is 0 Å². The fourth-order valence-electron chi connectivity index (χ4n) is 3.55. The summed E-state index contributed by atoms with van der Waals surface area (Å²) in [5, 5.41) is 3.05. The molecule has 0 bridgehead atoms. The number of rotatable bonds is 8. The third-order valence-electron chi connectivity index (χ3n) is 5.13. The van der Waals surface area contributed by atoms with Crippen LogP contribution in [0.15, 0.2) is 60.7 Å². The highest BCUT2D eigenvalue weighted by molar-refractivity contribution is 5.85. The zero-order chi connectivity index (χ0) is 18.2. The van der Waals surface area contributed by atoms with E-state index in [1.54, 1.807) is 0 Å². The first-order chi connectivity index (χ1) is 12.7. The quantitative estimate of drug-likeness (QED) is 0.685. The number of hydrogen-bond donors (Lipinski definition) is 2. The van der Waals surface area contributed by atoms with Crippen LogP contribution in [0.2, 0.25) is 0 Å². The van der Waals surface area contributed by atoms with Crippen molar-refractivity contribution in [3.8, 4) is 0 Å². The highest BCUT2D eigenvalue weighted by Crippen LogP contribution is 2.16. The smallest absolute Gasteiger partial charge is 0.237 e. The molecule has 1 aliphatic rings. The Morgan fingerprint density at radius 2 is 1.64 bits per heavy atom. The summed E-state index contributed by atoms with van der Waals surface area (Å²) in [6.07, 6.45) is 2.81. The second-order valence-electron chi connectivity index (χ2n) is 7.23. The molecule has 2 aromatic carbocycles. The van der Waals surface area contributed by atoms with E-state index in [9.17, 15) is 4.79 Å². The van der Waals surface area contributed by atoms with Gasteiger partial charge in [0.25, 0.3) is 0 Å². The van der Waals surface area contributed by atoms with Crippen molar-refractivity contribution in [2.45, 2.75) is 25.3 Å². The molecule has 1 aliphatic heterocycles. The normalized spacial score (nSPS) is 17.2. The van der Waals surface area contributed by atoms with E-state index in [0.717, 1.165) is 44.6 Å². The molecule has 4 nitrogen and oxygen atoms in total. The van der Waals surface area contributed by atoms with Gasteiger partial charge in [0.05, 0.1) is 6.04 Å². The Kier molecular flexibility index (Phi) is 11.2. The van der Waals surface area contributed by atoms with E-state index < -0.39 is 6.04 Å². The molecule has 2 atom stereocenters. The van der Waals surface area contributed by atoms with Gasteiger partial charge in [-0.3, -0.25) is 4.79 Å². The number of nitrogens with two attached hydrogens (primary N) is 1. The molecule has 3 rings (SSSR count). The zero-order valence-corrected chi connectivity index (χ0v) is 17.8. The first-order valence-electron chi connectivity index (χ1n) is 9.54. The Morgan fingerprint density at radius 1 is 1.04 bits per heavy atom. The number of halogens is 2. The number of hydrogen-bond acceptors (Lipinski definition) is 3. The highest BCUT2D eigenvalue weighted by Gasteiger charge is 2.23. The predicted octanol–water partition coefficient (Wildman–Crippen LogP) is 3.08. The third kappa shape index (κ3) is 7.80. The maximum Gasteiger partial charge on any atom is 0.237 e. The van der Waals surface area contributed by atoms with Crippen LogP contribution in [-0.2, 0) is 17.6 Å². The summed E-state index contributed by atoms with van der Waals surface area (Å²) in [6.45, 7) is 3.98. The summed E-state index contributed by atoms with van der Waals surface area (Å²) in [7, 11) is 0. The summed E-state index contributed by atoms with van der Waals surface area (Å²) in [4.78, 5) is 14.7. The van der Waals surface area contributed by atoms with Crippen LogP contribution >= 0.6 is 24.8 Å². The van der Waals surface area contributed by atoms with Crippen molar-refractivity contribution in [1.82, 2.24) is 10.2 Å². The molecule has 6 heteroatoms. The Bertz CT molecular complexity index is 685. The lowest BCUT2D eigenvalue weighted by Gasteiger charge is -2.17. The summed E-state index contributed by atoms with van der Waals surface area (Å²) < 4.78 is 0. The van der Waals surface area contributed by atoms with Crippen molar-refractivity contribution in [3.63, 3.8) is 0 Å². The SMILES string of the molecule is Cl.Cl.NC(Cc1ccccc1)C(=O)NCC1CCN(CCc2ccccc2)C1. The van der Waals surface area contributed by atoms with E-state index in [4.69, 9.17) is 5.73 Å². The number of carbonyl (C=O) groups excluding carboxylic acids is 1. The number of carbonyl (C=O) groups is 1. The van der Waals surface area contributed by atoms with Crippen molar-refractivity contribution < 1.29 is 4.79 Å². The van der Waals surface area contributed by atoms with E-state index >= 15 is 0 Å². The number of nitrogens with zero attached hydrogens (tertiary/aromatic N) is 1. The molecule has 0 aromatic heterocycles. The monoisotopic (exact) mass is 423 g/mol. The van der Waals surface area contributed by atoms with Crippen LogP contribution in [0.4, 0.5) is 0 Å². The van der Waals surface area contributed by atoms with E-state index in [1.165, 1.54) is 5.56 Å². The van der Waals surface area contributed by atoms with Gasteiger partial charge in [-0.2, -0.15) is 0 Å². The predicted molar refractivity (Wildman–Crippen MR) is 120 cm³/mol. The molecule has 154 valence electrons. The summed E-state index contributed by atoms with van der Waals surface area (Å²) >= 11 is 0. The maximum atomic E-state index is 12.2. The molecule has 2 unspecified atom stereocenters. The molecule has 28 heavy (non-hydrogen) atoms. The first kappa shape index (κ1) is 24.4. The van der Waals surface area contributed by atoms with Crippen molar-refractivity contribution in [3.05, 3.63) is 71.8 Å². The Morgan fingerprint density at radius 3 is 2.29 bits per heavy atom. The molecule has 3 N–H and O–H groups in total. The molecule has 1 amide bonds. The molecule has 1 saturated heterocycles. The van der Waals surface area contributed by atoms with E-state index in [2.05, 4.69) is 40.5 Å². The van der Waals surface area contributed by atoms with Crippen LogP contribution in [0, 0.1) is 5.92 Å². The van der Waals surface area contributed by atoms with Crippen molar-refractivity contribution in [2.75, 3.05) is 26.2 Å². The number of amides is 1. The number of nitrogens with one attached hydrogen (secondary N) is 1. The van der Waals surface area contributed by atoms with Gasteiger partial charge in [0.2, 0.25) is 5.91 Å². The lowest BCUT2D eigenvalue weighted by molar-refractivity contribution is -0.122. The van der Waals surface area contributed by atoms with Crippen molar-refractivity contribution >= 4 is 30.7 Å². The molecule has 2 aromatic rings. The van der Waals surface area contributed by atoms with Crippen LogP contribution in [0.3, 0.4) is 0 Å². The standard InChI is InChI=1S/C22H29N3O.2ClH/c23-21(15-19-9-5-2-6-10-19)22(26)24-16-20-12-14-25(17-20)13-11-18-7-3-1-4-8-18;;/h1-10,20-21H,11-17,23H2,(H,24,26);2*1H. The average Bonchev–Trinajstić information content (AvgIpc) is 3.14. The molecule has 0 aliphatic carbocycles. The summed E-state index contributed by atoms with van der Waals surface area (Å²) in [5.41, 5.74) is 8.54. The second kappa shape index (κ2) is 12.8. The van der Waals surface area contributed by atoms with Crippen LogP contribution < -0.4 is 11.1 Å². The van der Waals surface area contributed by atoms with Crippen LogP contribution in [-0.4, -0.2) is 43.0 Å². The van der Waals surface area contributed by atoms with Gasteiger partial charge in [-0.05, 0) is 42.9 Å². The highest BCUT2D eigenvalue weighted by atomic mass is 35.5. The minimum Gasteiger partial charge on any atom is -0.354 e. The Labute approximate surface area is 180 Å². The molecule has 0 spiro atoms. The van der Waals surface area contributed by atoms with Crippen LogP contribution in [0.25, 0.3) is 0 Å². The topological polar surface area (TPSA) is 58.4 Å². The minimum atomic E-state index is -0.479. The van der Waals surface area contributed by atoms with Gasteiger partial charge in [0.15, 0.2) is 0 Å². The molecular formula is C22H31Cl2N3O. The fourth-order valence-corrected chi connectivity index (χ4v) is 3.55. The molecule has 0 saturated carbocycles. The minimum absolute atomic E-state index is 0. The molecule has 1 heterocycles. The van der Waals surface area contributed by atoms with Gasteiger partial charge < -0.3 is 16.0 Å². The zero-order valence-electron chi connectivity index (χ0n) is 16.1. The van der Waals surface area contributed by atoms with E-state index in [0.29, 0.717) is 12.3 Å². The second-order valence-corrected chi connectivity index (χ2v) is 7.23. The van der Waals surface area contributed by atoms with Crippen molar-refractivity contribution in [2.24, 2.45) is 11.7 Å². The summed E-state index contributed by atoms with van der Waals surface area (Å²) in [5.74, 6) is 0.482. The van der Waals surface area contributed by atoms with Gasteiger partial charge in [-0.15, -0.1) is 24.8 Å². The Balaban J connectivity index is 0.00000196.